The second-order valence-electron chi connectivity index (χ2n) is 4.91. The highest BCUT2D eigenvalue weighted by molar-refractivity contribution is 9.10. The van der Waals surface area contributed by atoms with Gasteiger partial charge in [-0.2, -0.15) is 0 Å². The van der Waals surface area contributed by atoms with Crippen molar-refractivity contribution < 1.29 is 4.74 Å². The fourth-order valence-corrected chi connectivity index (χ4v) is 2.75. The first-order valence-corrected chi connectivity index (χ1v) is 7.36. The molecule has 2 unspecified atom stereocenters. The van der Waals surface area contributed by atoms with Crippen LogP contribution < -0.4 is 5.32 Å². The Hall–Kier alpha value is -0.980. The predicted molar refractivity (Wildman–Crippen MR) is 76.0 cm³/mol. The maximum Gasteiger partial charge on any atom is 0.155 e. The summed E-state index contributed by atoms with van der Waals surface area (Å²) in [5.74, 6) is 0. The molecule has 2 atom stereocenters. The lowest BCUT2D eigenvalue weighted by Crippen LogP contribution is -2.36. The number of rotatable bonds is 4. The Balaban J connectivity index is 1.69. The number of halogens is 1. The van der Waals surface area contributed by atoms with E-state index in [-0.39, 0.29) is 0 Å². The summed E-state index contributed by atoms with van der Waals surface area (Å²) in [7, 11) is 0. The van der Waals surface area contributed by atoms with E-state index in [1.165, 1.54) is 6.42 Å². The number of nitrogens with one attached hydrogen (secondary N) is 1. The maximum atomic E-state index is 5.69. The number of hydrogen-bond donors (Lipinski definition) is 1. The van der Waals surface area contributed by atoms with E-state index in [0.717, 1.165) is 35.5 Å². The van der Waals surface area contributed by atoms with Crippen molar-refractivity contribution in [3.63, 3.8) is 0 Å². The van der Waals surface area contributed by atoms with E-state index < -0.39 is 0 Å². The molecule has 2 aromatic heterocycles. The molecule has 0 aromatic carbocycles. The molecule has 3 heterocycles. The molecule has 2 aromatic rings. The average Bonchev–Trinajstić information content (AvgIpc) is 3.05. The third-order valence-electron chi connectivity index (χ3n) is 3.57. The first kappa shape index (κ1) is 13.0. The van der Waals surface area contributed by atoms with Crippen molar-refractivity contribution in [2.24, 2.45) is 0 Å². The van der Waals surface area contributed by atoms with Crippen molar-refractivity contribution >= 4 is 21.6 Å². The zero-order valence-corrected chi connectivity index (χ0v) is 12.4. The number of fused-ring (bicyclic) bond motifs is 1. The topological polar surface area (TPSA) is 51.5 Å². The molecule has 19 heavy (non-hydrogen) atoms. The van der Waals surface area contributed by atoms with Gasteiger partial charge in [-0.15, -0.1) is 0 Å². The number of hydrogen-bond acceptors (Lipinski definition) is 4. The van der Waals surface area contributed by atoms with Crippen LogP contribution in [-0.2, 0) is 11.3 Å². The van der Waals surface area contributed by atoms with E-state index in [1.54, 1.807) is 6.20 Å². The summed E-state index contributed by atoms with van der Waals surface area (Å²) < 4.78 is 8.55. The zero-order valence-electron chi connectivity index (χ0n) is 10.8. The van der Waals surface area contributed by atoms with Crippen LogP contribution >= 0.6 is 15.9 Å². The first-order valence-electron chi connectivity index (χ1n) is 6.56. The van der Waals surface area contributed by atoms with Crippen LogP contribution in [0, 0.1) is 0 Å². The highest BCUT2D eigenvalue weighted by Gasteiger charge is 2.22. The second-order valence-corrected chi connectivity index (χ2v) is 5.72. The Bertz CT molecular complexity index is 565. The van der Waals surface area contributed by atoms with E-state index in [1.807, 2.05) is 16.8 Å². The lowest BCUT2D eigenvalue weighted by molar-refractivity contribution is 0.0831. The molecule has 0 bridgehead atoms. The summed E-state index contributed by atoms with van der Waals surface area (Å²) >= 11 is 3.39. The Kier molecular flexibility index (Phi) is 3.81. The van der Waals surface area contributed by atoms with Crippen LogP contribution in [-0.4, -0.2) is 33.1 Å². The first-order chi connectivity index (χ1) is 9.24. The molecule has 0 saturated carbocycles. The predicted octanol–water partition coefficient (Wildman–Crippen LogP) is 2.15. The quantitative estimate of drug-likeness (QED) is 0.936. The summed E-state index contributed by atoms with van der Waals surface area (Å²) in [5, 5.41) is 3.52. The van der Waals surface area contributed by atoms with Crippen LogP contribution in [0.25, 0.3) is 5.65 Å². The van der Waals surface area contributed by atoms with Gasteiger partial charge in [0.2, 0.25) is 0 Å². The molecule has 5 nitrogen and oxygen atoms in total. The molecule has 0 amide bonds. The Morgan fingerprint density at radius 1 is 1.53 bits per heavy atom. The van der Waals surface area contributed by atoms with Gasteiger partial charge in [-0.25, -0.2) is 9.97 Å². The summed E-state index contributed by atoms with van der Waals surface area (Å²) in [6.07, 6.45) is 8.25. The third kappa shape index (κ3) is 2.80. The standard InChI is InChI=1S/C13H17BrN4O/c1-9(11-3-2-4-19-11)15-5-10-6-17-13-7-16-12(14)8-18(10)13/h6-9,11,15H,2-5H2,1H3. The van der Waals surface area contributed by atoms with Gasteiger partial charge in [0.15, 0.2) is 5.65 Å². The van der Waals surface area contributed by atoms with Gasteiger partial charge < -0.3 is 10.1 Å². The summed E-state index contributed by atoms with van der Waals surface area (Å²) in [5.41, 5.74) is 1.99. The molecule has 1 aliphatic heterocycles. The molecule has 1 N–H and O–H groups in total. The molecule has 0 spiro atoms. The molecule has 0 aliphatic carbocycles. The fourth-order valence-electron chi connectivity index (χ4n) is 2.44. The summed E-state index contributed by atoms with van der Waals surface area (Å²) in [4.78, 5) is 8.52. The minimum atomic E-state index is 0.340. The zero-order chi connectivity index (χ0) is 13.2. The van der Waals surface area contributed by atoms with E-state index in [4.69, 9.17) is 4.74 Å². The molecular formula is C13H17BrN4O. The van der Waals surface area contributed by atoms with Gasteiger partial charge in [0.25, 0.3) is 0 Å². The molecular weight excluding hydrogens is 308 g/mol. The van der Waals surface area contributed by atoms with Gasteiger partial charge in [-0.05, 0) is 35.7 Å². The average molecular weight is 325 g/mol. The van der Waals surface area contributed by atoms with Crippen LogP contribution in [0.2, 0.25) is 0 Å². The molecule has 6 heteroatoms. The van der Waals surface area contributed by atoms with Crippen molar-refractivity contribution in [3.8, 4) is 0 Å². The van der Waals surface area contributed by atoms with Gasteiger partial charge in [0.05, 0.1) is 24.2 Å². The lowest BCUT2D eigenvalue weighted by Gasteiger charge is -2.19. The van der Waals surface area contributed by atoms with Crippen molar-refractivity contribution in [2.75, 3.05) is 6.61 Å². The Labute approximate surface area is 120 Å². The lowest BCUT2D eigenvalue weighted by atomic mass is 10.1. The van der Waals surface area contributed by atoms with Crippen LogP contribution in [0.4, 0.5) is 0 Å². The minimum absolute atomic E-state index is 0.340. The molecule has 1 saturated heterocycles. The van der Waals surface area contributed by atoms with E-state index in [9.17, 15) is 0 Å². The molecule has 1 aliphatic rings. The Morgan fingerprint density at radius 2 is 2.42 bits per heavy atom. The second kappa shape index (κ2) is 5.56. The number of ether oxygens (including phenoxy) is 1. The van der Waals surface area contributed by atoms with E-state index in [2.05, 4.69) is 38.1 Å². The van der Waals surface area contributed by atoms with E-state index >= 15 is 0 Å². The minimum Gasteiger partial charge on any atom is -0.377 e. The highest BCUT2D eigenvalue weighted by Crippen LogP contribution is 2.16. The van der Waals surface area contributed by atoms with Crippen LogP contribution in [0.15, 0.2) is 23.2 Å². The summed E-state index contributed by atoms with van der Waals surface area (Å²) in [6, 6.07) is 0.360. The van der Waals surface area contributed by atoms with Gasteiger partial charge in [-0.1, -0.05) is 0 Å². The number of nitrogens with zero attached hydrogens (tertiary/aromatic N) is 3. The smallest absolute Gasteiger partial charge is 0.155 e. The molecule has 102 valence electrons. The van der Waals surface area contributed by atoms with Gasteiger partial charge >= 0.3 is 0 Å². The fraction of sp³-hybridized carbons (Fsp3) is 0.538. The van der Waals surface area contributed by atoms with Crippen LogP contribution in [0.3, 0.4) is 0 Å². The maximum absolute atomic E-state index is 5.69. The Morgan fingerprint density at radius 3 is 3.21 bits per heavy atom. The third-order valence-corrected chi connectivity index (χ3v) is 3.98. The largest absolute Gasteiger partial charge is 0.377 e. The highest BCUT2D eigenvalue weighted by atomic mass is 79.9. The van der Waals surface area contributed by atoms with Crippen molar-refractivity contribution in [1.29, 1.82) is 0 Å². The summed E-state index contributed by atoms with van der Waals surface area (Å²) in [6.45, 7) is 3.85. The van der Waals surface area contributed by atoms with Crippen LogP contribution in [0.1, 0.15) is 25.5 Å². The van der Waals surface area contributed by atoms with Crippen molar-refractivity contribution in [1.82, 2.24) is 19.7 Å². The van der Waals surface area contributed by atoms with Crippen molar-refractivity contribution in [2.45, 2.75) is 38.5 Å². The van der Waals surface area contributed by atoms with Gasteiger partial charge in [0, 0.05) is 25.4 Å². The molecule has 0 radical (unpaired) electrons. The van der Waals surface area contributed by atoms with Crippen molar-refractivity contribution in [3.05, 3.63) is 28.9 Å². The number of imidazole rings is 1. The van der Waals surface area contributed by atoms with E-state index in [0.29, 0.717) is 12.1 Å². The van der Waals surface area contributed by atoms with Gasteiger partial charge in [-0.3, -0.25) is 4.40 Å². The SMILES string of the molecule is CC(NCc1cnc2cnc(Br)cn12)C1CCCO1. The molecule has 3 rings (SSSR count). The van der Waals surface area contributed by atoms with Gasteiger partial charge in [0.1, 0.15) is 4.60 Å². The van der Waals surface area contributed by atoms with Crippen LogP contribution in [0.5, 0.6) is 0 Å². The molecule has 1 fully saturated rings. The normalized spacial score (nSPS) is 21.1. The monoisotopic (exact) mass is 324 g/mol. The number of aromatic nitrogens is 3.